The van der Waals surface area contributed by atoms with Gasteiger partial charge in [0.1, 0.15) is 23.2 Å². The summed E-state index contributed by atoms with van der Waals surface area (Å²) in [7, 11) is 0. The Labute approximate surface area is 214 Å². The average Bonchev–Trinajstić information content (AvgIpc) is 2.88. The number of phenolic OH excluding ortho intramolecular Hbond substituents is 1. The normalized spacial score (nSPS) is 29.8. The molecule has 4 atom stereocenters. The third kappa shape index (κ3) is 5.91. The summed E-state index contributed by atoms with van der Waals surface area (Å²) in [5.74, 6) is 3.30. The standard InChI is InChI=1S/C28H39N7O/c29-14-22-17-33-28(32-16-21-4-1-2-7-25(21)36)35-27(22)31-15-18-12-19-5-3-6-20(13-18)26(19)34-24-10-8-23(30)9-11-24/h1-2,4,7,17-20,23-24,26,34,36H,3,5-6,8-13,15-16,30H2,(H2,31,32,33,35)/t18?,19-,20+,23-,24-,26-. The molecule has 0 saturated heterocycles. The lowest BCUT2D eigenvalue weighted by Gasteiger charge is -2.48. The van der Waals surface area contributed by atoms with Crippen LogP contribution in [-0.2, 0) is 6.54 Å². The van der Waals surface area contributed by atoms with Crippen LogP contribution in [0.15, 0.2) is 30.5 Å². The van der Waals surface area contributed by atoms with Gasteiger partial charge in [0.2, 0.25) is 5.95 Å². The van der Waals surface area contributed by atoms with Gasteiger partial charge >= 0.3 is 0 Å². The third-order valence-corrected chi connectivity index (χ3v) is 8.53. The highest BCUT2D eigenvalue weighted by atomic mass is 16.3. The predicted octanol–water partition coefficient (Wildman–Crippen LogP) is 4.13. The molecule has 3 aliphatic rings. The lowest BCUT2D eigenvalue weighted by molar-refractivity contribution is 0.0750. The van der Waals surface area contributed by atoms with Gasteiger partial charge in [0.05, 0.1) is 6.20 Å². The number of nitrogens with zero attached hydrogens (tertiary/aromatic N) is 3. The van der Waals surface area contributed by atoms with Crippen LogP contribution in [0.4, 0.5) is 11.8 Å². The van der Waals surface area contributed by atoms with Crippen LogP contribution in [0.5, 0.6) is 5.75 Å². The van der Waals surface area contributed by atoms with E-state index in [1.54, 1.807) is 18.3 Å². The van der Waals surface area contributed by atoms with Crippen LogP contribution in [0.3, 0.4) is 0 Å². The first-order chi connectivity index (χ1) is 17.6. The first kappa shape index (κ1) is 24.8. The van der Waals surface area contributed by atoms with Crippen molar-refractivity contribution in [2.75, 3.05) is 17.2 Å². The fraction of sp³-hybridized carbons (Fsp3) is 0.607. The van der Waals surface area contributed by atoms with Crippen molar-refractivity contribution < 1.29 is 5.11 Å². The number of aromatic hydroxyl groups is 1. The number of hydrogen-bond acceptors (Lipinski definition) is 8. The summed E-state index contributed by atoms with van der Waals surface area (Å²) < 4.78 is 0. The van der Waals surface area contributed by atoms with E-state index in [0.29, 0.717) is 47.9 Å². The number of anilines is 2. The molecule has 0 spiro atoms. The summed E-state index contributed by atoms with van der Waals surface area (Å²) in [5.41, 5.74) is 7.35. The second kappa shape index (κ2) is 11.4. The monoisotopic (exact) mass is 489 g/mol. The Morgan fingerprint density at radius 2 is 1.78 bits per heavy atom. The molecule has 5 rings (SSSR count). The number of nitrogens with two attached hydrogens (primary N) is 1. The van der Waals surface area contributed by atoms with Gasteiger partial charge < -0.3 is 26.8 Å². The highest BCUT2D eigenvalue weighted by Gasteiger charge is 2.41. The Balaban J connectivity index is 1.18. The van der Waals surface area contributed by atoms with Crippen molar-refractivity contribution >= 4 is 11.8 Å². The van der Waals surface area contributed by atoms with Crippen LogP contribution < -0.4 is 21.7 Å². The van der Waals surface area contributed by atoms with Gasteiger partial charge in [0.15, 0.2) is 0 Å². The minimum Gasteiger partial charge on any atom is -0.508 e. The van der Waals surface area contributed by atoms with Gasteiger partial charge in [-0.05, 0) is 75.2 Å². The molecular weight excluding hydrogens is 450 g/mol. The molecule has 2 bridgehead atoms. The summed E-state index contributed by atoms with van der Waals surface area (Å²) in [4.78, 5) is 8.87. The maximum Gasteiger partial charge on any atom is 0.224 e. The number of benzene rings is 1. The zero-order valence-electron chi connectivity index (χ0n) is 21.0. The SMILES string of the molecule is N#Cc1cnc(NCc2ccccc2O)nc1NCC1C[C@H]2CCC[C@@H](C1)[C@@H]2N[C@H]1CC[C@H](N)CC1. The second-order valence-corrected chi connectivity index (χ2v) is 11.0. The van der Waals surface area contributed by atoms with Gasteiger partial charge in [-0.1, -0.05) is 24.6 Å². The molecular formula is C28H39N7O. The largest absolute Gasteiger partial charge is 0.508 e. The molecule has 2 aromatic rings. The van der Waals surface area contributed by atoms with Crippen molar-refractivity contribution in [2.24, 2.45) is 23.5 Å². The van der Waals surface area contributed by atoms with Crippen molar-refractivity contribution in [1.82, 2.24) is 15.3 Å². The number of aromatic nitrogens is 2. The van der Waals surface area contributed by atoms with E-state index in [4.69, 9.17) is 5.73 Å². The highest BCUT2D eigenvalue weighted by Crippen LogP contribution is 2.43. The van der Waals surface area contributed by atoms with Crippen LogP contribution in [-0.4, -0.2) is 39.7 Å². The lowest BCUT2D eigenvalue weighted by Crippen LogP contribution is -2.54. The molecule has 6 N–H and O–H groups in total. The molecule has 1 aromatic carbocycles. The molecule has 0 radical (unpaired) electrons. The van der Waals surface area contributed by atoms with E-state index in [1.165, 1.54) is 44.9 Å². The molecule has 1 unspecified atom stereocenters. The first-order valence-corrected chi connectivity index (χ1v) is 13.6. The molecule has 0 amide bonds. The van der Waals surface area contributed by atoms with Crippen molar-refractivity contribution in [1.29, 1.82) is 5.26 Å². The Bertz CT molecular complexity index is 1050. The van der Waals surface area contributed by atoms with Crippen LogP contribution in [0.1, 0.15) is 68.9 Å². The minimum absolute atomic E-state index is 0.236. The van der Waals surface area contributed by atoms with Gasteiger partial charge in [-0.2, -0.15) is 10.2 Å². The van der Waals surface area contributed by atoms with Gasteiger partial charge in [-0.3, -0.25) is 0 Å². The summed E-state index contributed by atoms with van der Waals surface area (Å²) in [6.45, 7) is 1.23. The lowest BCUT2D eigenvalue weighted by atomic mass is 9.64. The van der Waals surface area contributed by atoms with E-state index >= 15 is 0 Å². The Morgan fingerprint density at radius 3 is 2.50 bits per heavy atom. The number of rotatable bonds is 8. The minimum atomic E-state index is 0.236. The smallest absolute Gasteiger partial charge is 0.224 e. The first-order valence-electron chi connectivity index (χ1n) is 13.6. The Hall–Kier alpha value is -2.89. The van der Waals surface area contributed by atoms with Crippen LogP contribution in [0.25, 0.3) is 0 Å². The summed E-state index contributed by atoms with van der Waals surface area (Å²) in [6, 6.07) is 11.1. The average molecular weight is 490 g/mol. The zero-order valence-corrected chi connectivity index (χ0v) is 21.0. The predicted molar refractivity (Wildman–Crippen MR) is 141 cm³/mol. The molecule has 3 saturated carbocycles. The third-order valence-electron chi connectivity index (χ3n) is 8.53. The van der Waals surface area contributed by atoms with Crippen LogP contribution in [0.2, 0.25) is 0 Å². The van der Waals surface area contributed by atoms with Gasteiger partial charge in [-0.15, -0.1) is 0 Å². The number of nitriles is 1. The van der Waals surface area contributed by atoms with Crippen molar-refractivity contribution in [3.63, 3.8) is 0 Å². The number of phenols is 1. The number of nitrogens with one attached hydrogen (secondary N) is 3. The molecule has 192 valence electrons. The topological polar surface area (TPSA) is 132 Å². The van der Waals surface area contributed by atoms with E-state index in [1.807, 2.05) is 12.1 Å². The maximum absolute atomic E-state index is 10.00. The Morgan fingerprint density at radius 1 is 1.03 bits per heavy atom. The van der Waals surface area contributed by atoms with Crippen molar-refractivity contribution in [2.45, 2.75) is 82.5 Å². The molecule has 1 heterocycles. The molecule has 1 aromatic heterocycles. The second-order valence-electron chi connectivity index (χ2n) is 11.0. The maximum atomic E-state index is 10.00. The zero-order chi connectivity index (χ0) is 24.9. The van der Waals surface area contributed by atoms with E-state index in [0.717, 1.165) is 36.8 Å². The van der Waals surface area contributed by atoms with Gasteiger partial charge in [0.25, 0.3) is 0 Å². The number of para-hydroxylation sites is 1. The van der Waals surface area contributed by atoms with Crippen molar-refractivity contribution in [3.8, 4) is 11.8 Å². The number of hydrogen-bond donors (Lipinski definition) is 5. The fourth-order valence-electron chi connectivity index (χ4n) is 6.62. The number of fused-ring (bicyclic) bond motifs is 2. The summed E-state index contributed by atoms with van der Waals surface area (Å²) in [5, 5.41) is 30.3. The highest BCUT2D eigenvalue weighted by molar-refractivity contribution is 5.53. The molecule has 3 aliphatic carbocycles. The quantitative estimate of drug-likeness (QED) is 0.374. The van der Waals surface area contributed by atoms with E-state index < -0.39 is 0 Å². The van der Waals surface area contributed by atoms with Crippen LogP contribution >= 0.6 is 0 Å². The van der Waals surface area contributed by atoms with E-state index in [2.05, 4.69) is 32.0 Å². The van der Waals surface area contributed by atoms with E-state index in [9.17, 15) is 10.4 Å². The molecule has 8 nitrogen and oxygen atoms in total. The van der Waals surface area contributed by atoms with Crippen molar-refractivity contribution in [3.05, 3.63) is 41.6 Å². The fourth-order valence-corrected chi connectivity index (χ4v) is 6.62. The van der Waals surface area contributed by atoms with Gasteiger partial charge in [0, 0.05) is 36.8 Å². The summed E-state index contributed by atoms with van der Waals surface area (Å²) >= 11 is 0. The van der Waals surface area contributed by atoms with Gasteiger partial charge in [-0.25, -0.2) is 4.98 Å². The molecule has 0 aliphatic heterocycles. The van der Waals surface area contributed by atoms with Crippen LogP contribution in [0, 0.1) is 29.1 Å². The molecule has 8 heteroatoms. The Kier molecular flexibility index (Phi) is 7.88. The molecule has 3 fully saturated rings. The summed E-state index contributed by atoms with van der Waals surface area (Å²) in [6.07, 6.45) is 12.7. The van der Waals surface area contributed by atoms with E-state index in [-0.39, 0.29) is 5.75 Å². The molecule has 36 heavy (non-hydrogen) atoms.